The number of H-pyrrole nitrogens is 1. The lowest BCUT2D eigenvalue weighted by atomic mass is 10.1. The summed E-state index contributed by atoms with van der Waals surface area (Å²) in [6.07, 6.45) is 0. The number of aromatic amines is 1. The summed E-state index contributed by atoms with van der Waals surface area (Å²) in [5.41, 5.74) is 1.85. The molecule has 9 nitrogen and oxygen atoms in total. The molecule has 0 radical (unpaired) electrons. The smallest absolute Gasteiger partial charge is 0.229 e. The molecular weight excluding hydrogens is 334 g/mol. The molecule has 0 aliphatic rings. The number of aliphatic hydroxyl groups excluding tert-OH is 2. The fourth-order valence-corrected chi connectivity index (χ4v) is 2.75. The second kappa shape index (κ2) is 8.07. The highest BCUT2D eigenvalue weighted by Crippen LogP contribution is 2.25. The largest absolute Gasteiger partial charge is 0.395 e. The maximum atomic E-state index is 9.82. The maximum absolute atomic E-state index is 9.82. The highest BCUT2D eigenvalue weighted by atomic mass is 16.3. The molecule has 0 spiro atoms. The van der Waals surface area contributed by atoms with Crippen molar-refractivity contribution in [3.8, 4) is 0 Å². The Bertz CT molecular complexity index is 838. The van der Waals surface area contributed by atoms with Gasteiger partial charge in [0.1, 0.15) is 0 Å². The number of nitrogens with one attached hydrogen (secondary N) is 2. The Labute approximate surface area is 151 Å². The van der Waals surface area contributed by atoms with Gasteiger partial charge >= 0.3 is 0 Å². The van der Waals surface area contributed by atoms with Crippen LogP contribution in [-0.2, 0) is 0 Å². The van der Waals surface area contributed by atoms with Gasteiger partial charge in [0.05, 0.1) is 19.3 Å². The molecule has 1 atom stereocenters. The van der Waals surface area contributed by atoms with Crippen molar-refractivity contribution in [2.75, 3.05) is 30.0 Å². The summed E-state index contributed by atoms with van der Waals surface area (Å²) in [4.78, 5) is 10.9. The fraction of sp³-hybridized carbons (Fsp3) is 0.412. The van der Waals surface area contributed by atoms with Crippen LogP contribution in [0.1, 0.15) is 25.5 Å². The molecule has 0 unspecified atom stereocenters. The highest BCUT2D eigenvalue weighted by molar-refractivity contribution is 5.83. The third kappa shape index (κ3) is 3.73. The number of benzene rings is 1. The van der Waals surface area contributed by atoms with E-state index in [0.717, 1.165) is 5.56 Å². The first-order valence-corrected chi connectivity index (χ1v) is 8.52. The number of hydrogen-bond donors (Lipinski definition) is 4. The minimum Gasteiger partial charge on any atom is -0.395 e. The lowest BCUT2D eigenvalue weighted by Crippen LogP contribution is -2.35. The van der Waals surface area contributed by atoms with Gasteiger partial charge in [0, 0.05) is 12.6 Å². The summed E-state index contributed by atoms with van der Waals surface area (Å²) < 4.78 is 0. The van der Waals surface area contributed by atoms with E-state index in [1.165, 1.54) is 0 Å². The molecule has 3 aromatic rings. The van der Waals surface area contributed by atoms with Crippen LogP contribution in [-0.4, -0.2) is 61.4 Å². The van der Waals surface area contributed by atoms with E-state index in [0.29, 0.717) is 29.5 Å². The molecule has 3 rings (SSSR count). The van der Waals surface area contributed by atoms with Crippen LogP contribution in [0.15, 0.2) is 30.3 Å². The van der Waals surface area contributed by atoms with Crippen molar-refractivity contribution in [3.63, 3.8) is 0 Å². The first-order chi connectivity index (χ1) is 12.6. The van der Waals surface area contributed by atoms with Crippen LogP contribution >= 0.6 is 0 Å². The average Bonchev–Trinajstić information content (AvgIpc) is 3.13. The van der Waals surface area contributed by atoms with Gasteiger partial charge in [-0.1, -0.05) is 30.3 Å². The molecule has 26 heavy (non-hydrogen) atoms. The van der Waals surface area contributed by atoms with Gasteiger partial charge in [-0.2, -0.15) is 20.3 Å². The van der Waals surface area contributed by atoms with Gasteiger partial charge in [0.15, 0.2) is 11.3 Å². The van der Waals surface area contributed by atoms with E-state index in [1.807, 2.05) is 49.1 Å². The normalized spacial score (nSPS) is 12.5. The fourth-order valence-electron chi connectivity index (χ4n) is 2.75. The van der Waals surface area contributed by atoms with E-state index >= 15 is 0 Å². The van der Waals surface area contributed by atoms with Crippen molar-refractivity contribution in [1.29, 1.82) is 0 Å². The summed E-state index contributed by atoms with van der Waals surface area (Å²) >= 11 is 0. The van der Waals surface area contributed by atoms with Crippen LogP contribution in [0.25, 0.3) is 11.2 Å². The maximum Gasteiger partial charge on any atom is 0.229 e. The minimum atomic E-state index is -0.343. The number of rotatable bonds is 8. The van der Waals surface area contributed by atoms with Gasteiger partial charge in [-0.25, -0.2) is 0 Å². The van der Waals surface area contributed by atoms with Crippen LogP contribution in [0.3, 0.4) is 0 Å². The number of nitrogens with zero attached hydrogens (tertiary/aromatic N) is 5. The Morgan fingerprint density at radius 2 is 1.88 bits per heavy atom. The second-order valence-electron chi connectivity index (χ2n) is 6.17. The molecule has 0 amide bonds. The zero-order chi connectivity index (χ0) is 18.5. The molecule has 0 bridgehead atoms. The lowest BCUT2D eigenvalue weighted by Gasteiger charge is -2.26. The van der Waals surface area contributed by atoms with Crippen molar-refractivity contribution >= 4 is 22.9 Å². The Kier molecular flexibility index (Phi) is 5.59. The van der Waals surface area contributed by atoms with Gasteiger partial charge in [-0.05, 0) is 19.4 Å². The molecule has 0 saturated carbocycles. The quantitative estimate of drug-likeness (QED) is 0.473. The van der Waals surface area contributed by atoms with E-state index in [4.69, 9.17) is 0 Å². The van der Waals surface area contributed by atoms with Crippen molar-refractivity contribution in [2.45, 2.75) is 25.9 Å². The predicted molar refractivity (Wildman–Crippen MR) is 98.9 cm³/mol. The third-order valence-corrected chi connectivity index (χ3v) is 4.09. The van der Waals surface area contributed by atoms with Gasteiger partial charge in [0.25, 0.3) is 0 Å². The van der Waals surface area contributed by atoms with Gasteiger partial charge < -0.3 is 20.4 Å². The Balaban J connectivity index is 2.00. The molecule has 9 heteroatoms. The van der Waals surface area contributed by atoms with Crippen molar-refractivity contribution in [2.24, 2.45) is 0 Å². The number of aliphatic hydroxyl groups is 2. The minimum absolute atomic E-state index is 0.00949. The first-order valence-electron chi connectivity index (χ1n) is 8.52. The van der Waals surface area contributed by atoms with Crippen molar-refractivity contribution < 1.29 is 10.2 Å². The molecule has 0 aliphatic carbocycles. The number of hydrogen-bond acceptors (Lipinski definition) is 8. The van der Waals surface area contributed by atoms with E-state index in [-0.39, 0.29) is 25.3 Å². The number of aromatic nitrogens is 5. The van der Waals surface area contributed by atoms with Crippen molar-refractivity contribution in [1.82, 2.24) is 25.4 Å². The van der Waals surface area contributed by atoms with Crippen LogP contribution in [0, 0.1) is 0 Å². The third-order valence-electron chi connectivity index (χ3n) is 4.09. The summed E-state index contributed by atoms with van der Waals surface area (Å²) in [6.45, 7) is 4.29. The van der Waals surface area contributed by atoms with E-state index < -0.39 is 0 Å². The van der Waals surface area contributed by atoms with Crippen molar-refractivity contribution in [3.05, 3.63) is 35.9 Å². The molecule has 0 aliphatic heterocycles. The lowest BCUT2D eigenvalue weighted by molar-refractivity contribution is 0.276. The zero-order valence-electron chi connectivity index (χ0n) is 14.8. The predicted octanol–water partition coefficient (Wildman–Crippen LogP) is 1.10. The Morgan fingerprint density at radius 1 is 1.12 bits per heavy atom. The van der Waals surface area contributed by atoms with E-state index in [1.54, 1.807) is 0 Å². The van der Waals surface area contributed by atoms with E-state index in [9.17, 15) is 10.2 Å². The Morgan fingerprint density at radius 3 is 2.54 bits per heavy atom. The standard InChI is InChI=1S/C17H23N7O2/c1-11(2)24(8-9-25)17-19-15(14-16(20-17)22-23-21-14)18-13(10-26)12-6-4-3-5-7-12/h3-7,11,13,25-26H,8-10H2,1-2H3,(H2,18,19,20,21,22,23)/t13-/m0/s1. The second-order valence-corrected chi connectivity index (χ2v) is 6.17. The zero-order valence-corrected chi connectivity index (χ0v) is 14.8. The summed E-state index contributed by atoms with van der Waals surface area (Å²) in [5.74, 6) is 0.924. The number of fused-ring (bicyclic) bond motifs is 1. The molecule has 2 aromatic heterocycles. The summed E-state index contributed by atoms with van der Waals surface area (Å²) in [5, 5.41) is 33.2. The molecule has 2 heterocycles. The van der Waals surface area contributed by atoms with E-state index in [2.05, 4.69) is 30.7 Å². The van der Waals surface area contributed by atoms with Crippen LogP contribution in [0.4, 0.5) is 11.8 Å². The SMILES string of the molecule is CC(C)N(CCO)c1nc(N[C@@H](CO)c2ccccc2)c2n[nH]nc2n1. The molecule has 0 fully saturated rings. The van der Waals surface area contributed by atoms with Gasteiger partial charge in [0.2, 0.25) is 11.6 Å². The molecular formula is C17H23N7O2. The van der Waals surface area contributed by atoms with Crippen LogP contribution in [0.5, 0.6) is 0 Å². The molecule has 138 valence electrons. The highest BCUT2D eigenvalue weighted by Gasteiger charge is 2.20. The van der Waals surface area contributed by atoms with Gasteiger partial charge in [-0.3, -0.25) is 0 Å². The molecule has 1 aromatic carbocycles. The topological polar surface area (TPSA) is 123 Å². The molecule has 4 N–H and O–H groups in total. The van der Waals surface area contributed by atoms with Crippen LogP contribution in [0.2, 0.25) is 0 Å². The monoisotopic (exact) mass is 357 g/mol. The summed E-state index contributed by atoms with van der Waals surface area (Å²) in [6, 6.07) is 9.37. The molecule has 0 saturated heterocycles. The average molecular weight is 357 g/mol. The van der Waals surface area contributed by atoms with Gasteiger partial charge in [-0.15, -0.1) is 5.10 Å². The first kappa shape index (κ1) is 18.0. The Hall–Kier alpha value is -2.78. The summed E-state index contributed by atoms with van der Waals surface area (Å²) in [7, 11) is 0. The number of anilines is 2. The van der Waals surface area contributed by atoms with Crippen LogP contribution < -0.4 is 10.2 Å².